The molecule has 0 aliphatic heterocycles. The highest BCUT2D eigenvalue weighted by molar-refractivity contribution is 14.1. The Morgan fingerprint density at radius 2 is 1.88 bits per heavy atom. The number of phenolic OH excluding ortho intramolecular Hbond substituents is 1. The highest BCUT2D eigenvalue weighted by Gasteiger charge is 2.35. The Morgan fingerprint density at radius 1 is 1.23 bits per heavy atom. The molecule has 0 aliphatic rings. The number of nitrogens with one attached hydrogen (secondary N) is 1. The van der Waals surface area contributed by atoms with Crippen LogP contribution in [0.5, 0.6) is 5.75 Å². The average molecular weight is 469 g/mol. The number of anilines is 1. The van der Waals surface area contributed by atoms with E-state index >= 15 is 0 Å². The summed E-state index contributed by atoms with van der Waals surface area (Å²) in [7, 11) is 0. The van der Waals surface area contributed by atoms with Crippen LogP contribution in [0.1, 0.15) is 37.5 Å². The van der Waals surface area contributed by atoms with Gasteiger partial charge >= 0.3 is 6.09 Å². The van der Waals surface area contributed by atoms with Crippen LogP contribution in [-0.2, 0) is 4.74 Å². The second-order valence-electron chi connectivity index (χ2n) is 6.94. The van der Waals surface area contributed by atoms with Crippen molar-refractivity contribution in [2.24, 2.45) is 5.41 Å². The van der Waals surface area contributed by atoms with E-state index in [4.69, 9.17) is 4.74 Å². The molecule has 3 N–H and O–H groups in total. The first-order chi connectivity index (χ1) is 12.2. The summed E-state index contributed by atoms with van der Waals surface area (Å²) in [6.07, 6.45) is -0.904. The maximum Gasteiger partial charge on any atom is 0.412 e. The van der Waals surface area contributed by atoms with Crippen LogP contribution in [0.3, 0.4) is 0 Å². The summed E-state index contributed by atoms with van der Waals surface area (Å²) >= 11 is 2.14. The van der Waals surface area contributed by atoms with Crippen LogP contribution in [0, 0.1) is 15.9 Å². The summed E-state index contributed by atoms with van der Waals surface area (Å²) in [6.45, 7) is 5.71. The molecule has 0 radical (unpaired) electrons. The molecule has 0 saturated heterocycles. The summed E-state index contributed by atoms with van der Waals surface area (Å²) in [4.78, 5) is 12.4. The normalized spacial score (nSPS) is 12.5. The number of aliphatic hydroxyl groups is 1. The zero-order chi connectivity index (χ0) is 19.3. The lowest BCUT2D eigenvalue weighted by Crippen LogP contribution is -2.30. The molecule has 6 heteroatoms. The third-order valence-corrected chi connectivity index (χ3v) is 4.93. The number of aliphatic hydroxyl groups excluding tert-OH is 1. The van der Waals surface area contributed by atoms with Crippen LogP contribution in [0.2, 0.25) is 0 Å². The van der Waals surface area contributed by atoms with Crippen molar-refractivity contribution in [3.63, 3.8) is 0 Å². The number of rotatable bonds is 6. The number of phenols is 1. The molecule has 2 aromatic carbocycles. The van der Waals surface area contributed by atoms with Crippen molar-refractivity contribution in [2.75, 3.05) is 11.9 Å². The minimum absolute atomic E-state index is 0.0445. The third-order valence-electron chi connectivity index (χ3n) is 4.26. The SMILES string of the molecule is Cc1ccc(NC(=O)O[C@@H](c2cc(I)ccc2O)C(C)(C)CCO)cc1. The Morgan fingerprint density at radius 3 is 2.50 bits per heavy atom. The van der Waals surface area contributed by atoms with Crippen molar-refractivity contribution in [3.05, 3.63) is 57.2 Å². The van der Waals surface area contributed by atoms with Crippen molar-refractivity contribution in [1.29, 1.82) is 0 Å². The molecular weight excluding hydrogens is 445 g/mol. The molecule has 0 aliphatic carbocycles. The fourth-order valence-corrected chi connectivity index (χ4v) is 3.21. The van der Waals surface area contributed by atoms with Gasteiger partial charge in [-0.1, -0.05) is 31.5 Å². The summed E-state index contributed by atoms with van der Waals surface area (Å²) in [5, 5.41) is 22.4. The number of amides is 1. The van der Waals surface area contributed by atoms with E-state index in [1.165, 1.54) is 0 Å². The summed E-state index contributed by atoms with van der Waals surface area (Å²) in [5.41, 5.74) is 1.68. The van der Waals surface area contributed by atoms with E-state index in [0.29, 0.717) is 17.7 Å². The smallest absolute Gasteiger partial charge is 0.412 e. The predicted molar refractivity (Wildman–Crippen MR) is 110 cm³/mol. The van der Waals surface area contributed by atoms with Crippen molar-refractivity contribution in [1.82, 2.24) is 0 Å². The first-order valence-corrected chi connectivity index (χ1v) is 9.44. The van der Waals surface area contributed by atoms with Gasteiger partial charge < -0.3 is 14.9 Å². The van der Waals surface area contributed by atoms with Crippen molar-refractivity contribution < 1.29 is 19.7 Å². The number of hydrogen-bond donors (Lipinski definition) is 3. The molecule has 26 heavy (non-hydrogen) atoms. The Hall–Kier alpha value is -1.80. The van der Waals surface area contributed by atoms with E-state index in [2.05, 4.69) is 27.9 Å². The standard InChI is InChI=1S/C20H24INO4/c1-13-4-7-15(8-5-13)22-19(25)26-18(20(2,3)10-11-23)16-12-14(21)6-9-17(16)24/h4-9,12,18,23-24H,10-11H2,1-3H3,(H,22,25)/t18-/m0/s1. The molecule has 140 valence electrons. The Kier molecular flexibility index (Phi) is 6.88. The van der Waals surface area contributed by atoms with Gasteiger partial charge in [-0.15, -0.1) is 0 Å². The van der Waals surface area contributed by atoms with Crippen LogP contribution in [0.15, 0.2) is 42.5 Å². The largest absolute Gasteiger partial charge is 0.508 e. The summed E-state index contributed by atoms with van der Waals surface area (Å²) in [6, 6.07) is 12.5. The van der Waals surface area contributed by atoms with E-state index in [9.17, 15) is 15.0 Å². The van der Waals surface area contributed by atoms with E-state index < -0.39 is 17.6 Å². The second kappa shape index (κ2) is 8.73. The summed E-state index contributed by atoms with van der Waals surface area (Å²) in [5.74, 6) is 0.0598. The highest BCUT2D eigenvalue weighted by Crippen LogP contribution is 2.43. The minimum Gasteiger partial charge on any atom is -0.508 e. The van der Waals surface area contributed by atoms with Gasteiger partial charge in [-0.25, -0.2) is 4.79 Å². The van der Waals surface area contributed by atoms with Gasteiger partial charge in [0.1, 0.15) is 11.9 Å². The van der Waals surface area contributed by atoms with E-state index in [1.54, 1.807) is 30.3 Å². The van der Waals surface area contributed by atoms with Crippen LogP contribution in [-0.4, -0.2) is 22.9 Å². The number of aryl methyl sites for hydroxylation is 1. The first-order valence-electron chi connectivity index (χ1n) is 8.36. The molecule has 5 nitrogen and oxygen atoms in total. The summed E-state index contributed by atoms with van der Waals surface area (Å²) < 4.78 is 6.62. The molecule has 0 spiro atoms. The molecule has 1 amide bonds. The fourth-order valence-electron chi connectivity index (χ4n) is 2.69. The number of carbonyl (C=O) groups is 1. The number of ether oxygens (including phenoxy) is 1. The van der Waals surface area contributed by atoms with Gasteiger partial charge in [0.05, 0.1) is 0 Å². The monoisotopic (exact) mass is 469 g/mol. The molecule has 0 fully saturated rings. The molecule has 0 saturated carbocycles. The van der Waals surface area contributed by atoms with Gasteiger partial charge in [0.25, 0.3) is 0 Å². The van der Waals surface area contributed by atoms with Crippen LogP contribution < -0.4 is 5.32 Å². The van der Waals surface area contributed by atoms with Crippen LogP contribution >= 0.6 is 22.6 Å². The topological polar surface area (TPSA) is 78.8 Å². The zero-order valence-corrected chi connectivity index (χ0v) is 17.3. The van der Waals surface area contributed by atoms with Gasteiger partial charge in [-0.3, -0.25) is 5.32 Å². The molecule has 0 bridgehead atoms. The number of halogens is 1. The quantitative estimate of drug-likeness (QED) is 0.521. The zero-order valence-electron chi connectivity index (χ0n) is 15.1. The molecule has 0 unspecified atom stereocenters. The molecule has 2 rings (SSSR count). The highest BCUT2D eigenvalue weighted by atomic mass is 127. The Balaban J connectivity index is 2.27. The van der Waals surface area contributed by atoms with Gasteiger partial charge in [0.2, 0.25) is 0 Å². The minimum atomic E-state index is -0.713. The van der Waals surface area contributed by atoms with Gasteiger partial charge in [-0.2, -0.15) is 0 Å². The lowest BCUT2D eigenvalue weighted by molar-refractivity contribution is 0.0138. The maximum absolute atomic E-state index is 12.4. The van der Waals surface area contributed by atoms with E-state index in [-0.39, 0.29) is 12.4 Å². The van der Waals surface area contributed by atoms with Gasteiger partial charge in [0, 0.05) is 26.8 Å². The average Bonchev–Trinajstić information content (AvgIpc) is 2.57. The van der Waals surface area contributed by atoms with Crippen LogP contribution in [0.25, 0.3) is 0 Å². The Bertz CT molecular complexity index is 759. The van der Waals surface area contributed by atoms with Crippen molar-refractivity contribution in [3.8, 4) is 5.75 Å². The second-order valence-corrected chi connectivity index (χ2v) is 8.19. The molecule has 2 aromatic rings. The lowest BCUT2D eigenvalue weighted by atomic mass is 9.79. The fraction of sp³-hybridized carbons (Fsp3) is 0.350. The molecular formula is C20H24INO4. The van der Waals surface area contributed by atoms with E-state index in [0.717, 1.165) is 9.13 Å². The first kappa shape index (κ1) is 20.5. The third kappa shape index (κ3) is 5.35. The predicted octanol–water partition coefficient (Wildman–Crippen LogP) is 5.00. The molecule has 0 aromatic heterocycles. The number of aromatic hydroxyl groups is 1. The van der Waals surface area contributed by atoms with Gasteiger partial charge in [0.15, 0.2) is 0 Å². The lowest BCUT2D eigenvalue weighted by Gasteiger charge is -2.34. The Labute approximate surface area is 167 Å². The maximum atomic E-state index is 12.4. The number of hydrogen-bond acceptors (Lipinski definition) is 4. The van der Waals surface area contributed by atoms with Crippen molar-refractivity contribution >= 4 is 34.4 Å². The molecule has 1 atom stereocenters. The van der Waals surface area contributed by atoms with Crippen molar-refractivity contribution in [2.45, 2.75) is 33.3 Å². The van der Waals surface area contributed by atoms with Gasteiger partial charge in [-0.05, 0) is 66.3 Å². The van der Waals surface area contributed by atoms with Crippen LogP contribution in [0.4, 0.5) is 10.5 Å². The molecule has 0 heterocycles. The number of benzene rings is 2. The van der Waals surface area contributed by atoms with E-state index in [1.807, 2.05) is 32.9 Å². The number of carbonyl (C=O) groups excluding carboxylic acids is 1.